The van der Waals surface area contributed by atoms with E-state index in [1.807, 2.05) is 6.07 Å². The number of pyridine rings is 1. The van der Waals surface area contributed by atoms with Crippen LogP contribution in [-0.2, 0) is 10.0 Å². The van der Waals surface area contributed by atoms with Gasteiger partial charge in [-0.15, -0.1) is 0 Å². The van der Waals surface area contributed by atoms with Gasteiger partial charge in [0.25, 0.3) is 5.91 Å². The Balaban J connectivity index is 1.59. The number of rotatable bonds is 6. The number of carbonyl (C=O) groups is 1. The summed E-state index contributed by atoms with van der Waals surface area (Å²) in [5, 5.41) is 7.20. The first kappa shape index (κ1) is 21.4. The number of carbonyl (C=O) groups excluding carboxylic acids is 1. The Kier molecular flexibility index (Phi) is 5.84. The first-order chi connectivity index (χ1) is 15.3. The van der Waals surface area contributed by atoms with Gasteiger partial charge in [0.2, 0.25) is 10.0 Å². The summed E-state index contributed by atoms with van der Waals surface area (Å²) in [5.41, 5.74) is 2.32. The van der Waals surface area contributed by atoms with E-state index in [1.54, 1.807) is 24.7 Å². The molecule has 12 heteroatoms. The van der Waals surface area contributed by atoms with E-state index < -0.39 is 15.9 Å². The first-order valence-corrected chi connectivity index (χ1v) is 11.4. The largest absolute Gasteiger partial charge is 0.322 e. The zero-order valence-electron chi connectivity index (χ0n) is 16.6. The van der Waals surface area contributed by atoms with Crippen LogP contribution in [0.5, 0.6) is 0 Å². The van der Waals surface area contributed by atoms with E-state index in [1.165, 1.54) is 41.6 Å². The third-order valence-corrected chi connectivity index (χ3v) is 5.00. The van der Waals surface area contributed by atoms with E-state index in [4.69, 9.17) is 11.6 Å². The van der Waals surface area contributed by atoms with Crippen LogP contribution >= 0.6 is 11.6 Å². The zero-order chi connectivity index (χ0) is 22.7. The molecule has 1 amide bonds. The van der Waals surface area contributed by atoms with Gasteiger partial charge in [0.05, 0.1) is 23.7 Å². The van der Waals surface area contributed by atoms with Gasteiger partial charge in [0.15, 0.2) is 5.82 Å². The lowest BCUT2D eigenvalue weighted by Crippen LogP contribution is -2.13. The molecule has 0 saturated carbocycles. The minimum absolute atomic E-state index is 0.231. The first-order valence-electron chi connectivity index (χ1n) is 9.14. The van der Waals surface area contributed by atoms with Gasteiger partial charge in [-0.2, -0.15) is 5.10 Å². The molecule has 0 spiro atoms. The van der Waals surface area contributed by atoms with E-state index in [0.717, 1.165) is 17.4 Å². The Morgan fingerprint density at radius 3 is 2.59 bits per heavy atom. The van der Waals surface area contributed by atoms with Gasteiger partial charge in [-0.25, -0.2) is 28.1 Å². The molecule has 0 aliphatic heterocycles. The fraction of sp³-hybridized carbons (Fsp3) is 0.0500. The molecule has 0 unspecified atom stereocenters. The fourth-order valence-electron chi connectivity index (χ4n) is 2.94. The van der Waals surface area contributed by atoms with Gasteiger partial charge in [-0.1, -0.05) is 11.6 Å². The van der Waals surface area contributed by atoms with Gasteiger partial charge in [0.1, 0.15) is 6.33 Å². The predicted octanol–water partition coefficient (Wildman–Crippen LogP) is 3.00. The summed E-state index contributed by atoms with van der Waals surface area (Å²) < 4.78 is 26.7. The maximum absolute atomic E-state index is 12.7. The van der Waals surface area contributed by atoms with Crippen molar-refractivity contribution in [2.24, 2.45) is 0 Å². The number of hydrogen-bond acceptors (Lipinski definition) is 7. The normalized spacial score (nSPS) is 11.2. The molecule has 1 aromatic carbocycles. The molecule has 0 radical (unpaired) electrons. The number of hydrogen-bond donors (Lipinski definition) is 2. The number of nitrogens with one attached hydrogen (secondary N) is 2. The number of anilines is 2. The highest BCUT2D eigenvalue weighted by Gasteiger charge is 2.15. The number of amides is 1. The number of nitrogens with zero attached hydrogens (tertiary/aromatic N) is 5. The Morgan fingerprint density at radius 2 is 1.84 bits per heavy atom. The van der Waals surface area contributed by atoms with Crippen LogP contribution < -0.4 is 10.0 Å². The lowest BCUT2D eigenvalue weighted by Gasteiger charge is -2.09. The molecule has 32 heavy (non-hydrogen) atoms. The molecule has 0 saturated heterocycles. The molecule has 2 N–H and O–H groups in total. The van der Waals surface area contributed by atoms with Crippen LogP contribution in [0.1, 0.15) is 10.4 Å². The summed E-state index contributed by atoms with van der Waals surface area (Å²) in [6.45, 7) is 0. The van der Waals surface area contributed by atoms with Crippen LogP contribution in [0.3, 0.4) is 0 Å². The molecule has 0 aliphatic carbocycles. The summed E-state index contributed by atoms with van der Waals surface area (Å²) in [6.07, 6.45) is 10.3. The quantitative estimate of drug-likeness (QED) is 0.443. The SMILES string of the molecule is CS(=O)(=O)Nc1cc(Cl)cc(NC(=O)c2cnn(-c3ncccc3-c3cncnc3)c2)c1. The maximum Gasteiger partial charge on any atom is 0.258 e. The van der Waals surface area contributed by atoms with Crippen LogP contribution in [0.15, 0.2) is 67.6 Å². The fourth-order valence-corrected chi connectivity index (χ4v) is 3.72. The average Bonchev–Trinajstić information content (AvgIpc) is 3.23. The molecule has 0 bridgehead atoms. The Hall–Kier alpha value is -3.83. The second-order valence-electron chi connectivity index (χ2n) is 6.73. The molecule has 0 fully saturated rings. The third-order valence-electron chi connectivity index (χ3n) is 4.18. The number of benzene rings is 1. The molecule has 4 aromatic rings. The highest BCUT2D eigenvalue weighted by Crippen LogP contribution is 2.25. The Bertz CT molecular complexity index is 1390. The molecule has 3 heterocycles. The molecule has 3 aromatic heterocycles. The van der Waals surface area contributed by atoms with Crippen LogP contribution in [0.25, 0.3) is 16.9 Å². The molecule has 4 rings (SSSR count). The van der Waals surface area contributed by atoms with Gasteiger partial charge in [-0.05, 0) is 30.3 Å². The Morgan fingerprint density at radius 1 is 1.09 bits per heavy atom. The van der Waals surface area contributed by atoms with Crippen LogP contribution in [0, 0.1) is 0 Å². The van der Waals surface area contributed by atoms with E-state index in [0.29, 0.717) is 11.5 Å². The van der Waals surface area contributed by atoms with Crippen molar-refractivity contribution >= 4 is 38.9 Å². The van der Waals surface area contributed by atoms with E-state index in [2.05, 4.69) is 30.1 Å². The van der Waals surface area contributed by atoms with Gasteiger partial charge in [0, 0.05) is 46.6 Å². The molecule has 0 aliphatic rings. The van der Waals surface area contributed by atoms with Crippen LogP contribution in [-0.4, -0.2) is 45.3 Å². The number of sulfonamides is 1. The summed E-state index contributed by atoms with van der Waals surface area (Å²) in [6, 6.07) is 8.03. The van der Waals surface area contributed by atoms with Crippen molar-refractivity contribution in [2.45, 2.75) is 0 Å². The second kappa shape index (κ2) is 8.73. The van der Waals surface area contributed by atoms with Crippen LogP contribution in [0.2, 0.25) is 5.02 Å². The van der Waals surface area contributed by atoms with Gasteiger partial charge in [-0.3, -0.25) is 9.52 Å². The average molecular weight is 470 g/mol. The van der Waals surface area contributed by atoms with E-state index >= 15 is 0 Å². The van der Waals surface area contributed by atoms with Crippen molar-refractivity contribution in [3.63, 3.8) is 0 Å². The van der Waals surface area contributed by atoms with Gasteiger partial charge < -0.3 is 5.32 Å². The van der Waals surface area contributed by atoms with Crippen molar-refractivity contribution in [3.8, 4) is 16.9 Å². The summed E-state index contributed by atoms with van der Waals surface area (Å²) in [4.78, 5) is 25.2. The zero-order valence-corrected chi connectivity index (χ0v) is 18.2. The monoisotopic (exact) mass is 469 g/mol. The lowest BCUT2D eigenvalue weighted by molar-refractivity contribution is 0.102. The predicted molar refractivity (Wildman–Crippen MR) is 120 cm³/mol. The minimum atomic E-state index is -3.50. The van der Waals surface area contributed by atoms with Crippen molar-refractivity contribution in [1.29, 1.82) is 0 Å². The summed E-state index contributed by atoms with van der Waals surface area (Å²) in [5.74, 6) is 0.0492. The third kappa shape index (κ3) is 5.07. The highest BCUT2D eigenvalue weighted by atomic mass is 35.5. The Labute approximate surface area is 188 Å². The smallest absolute Gasteiger partial charge is 0.258 e. The number of aromatic nitrogens is 5. The van der Waals surface area contributed by atoms with Crippen molar-refractivity contribution in [2.75, 3.05) is 16.3 Å². The molecule has 0 atom stereocenters. The molecule has 162 valence electrons. The minimum Gasteiger partial charge on any atom is -0.322 e. The topological polar surface area (TPSA) is 132 Å². The second-order valence-corrected chi connectivity index (χ2v) is 8.92. The molecule has 10 nitrogen and oxygen atoms in total. The van der Waals surface area contributed by atoms with Gasteiger partial charge >= 0.3 is 0 Å². The van der Waals surface area contributed by atoms with Crippen molar-refractivity contribution in [3.05, 3.63) is 78.2 Å². The standard InChI is InChI=1S/C20H16ClN7O3S/c1-32(30,31)27-17-6-15(21)5-16(7-17)26-20(29)14-10-25-28(11-14)19-18(3-2-4-24-19)13-8-22-12-23-9-13/h2-12,27H,1H3,(H,26,29). The molecular weight excluding hydrogens is 454 g/mol. The van der Waals surface area contributed by atoms with E-state index in [9.17, 15) is 13.2 Å². The summed E-state index contributed by atoms with van der Waals surface area (Å²) in [7, 11) is -3.50. The summed E-state index contributed by atoms with van der Waals surface area (Å²) >= 11 is 6.05. The maximum atomic E-state index is 12.7. The van der Waals surface area contributed by atoms with E-state index in [-0.39, 0.29) is 16.3 Å². The lowest BCUT2D eigenvalue weighted by atomic mass is 10.1. The highest BCUT2D eigenvalue weighted by molar-refractivity contribution is 7.92. The van der Waals surface area contributed by atoms with Crippen molar-refractivity contribution in [1.82, 2.24) is 24.7 Å². The van der Waals surface area contributed by atoms with Crippen molar-refractivity contribution < 1.29 is 13.2 Å². The van der Waals surface area contributed by atoms with Crippen LogP contribution in [0.4, 0.5) is 11.4 Å². The molecular formula is C20H16ClN7O3S. The number of halogens is 1.